The molecule has 1 N–H and O–H groups in total. The van der Waals surface area contributed by atoms with Gasteiger partial charge in [0.1, 0.15) is 28.7 Å². The molecule has 0 unspecified atom stereocenters. The number of urea groups is 1. The number of carbonyl (C=O) groups excluding carboxylic acids is 1. The number of carbonyl (C=O) groups is 1. The van der Waals surface area contributed by atoms with E-state index in [2.05, 4.69) is 10.3 Å². The van der Waals surface area contributed by atoms with E-state index in [0.717, 1.165) is 46.5 Å². The maximum atomic E-state index is 14.0. The molecule has 1 saturated heterocycles. The van der Waals surface area contributed by atoms with E-state index in [1.807, 2.05) is 41.0 Å². The van der Waals surface area contributed by atoms with Crippen molar-refractivity contribution in [2.24, 2.45) is 0 Å². The highest BCUT2D eigenvalue weighted by Crippen LogP contribution is 2.33. The number of rotatable bonds is 4. The van der Waals surface area contributed by atoms with Crippen LogP contribution in [0.1, 0.15) is 12.5 Å². The summed E-state index contributed by atoms with van der Waals surface area (Å²) in [6, 6.07) is 13.7. The summed E-state index contributed by atoms with van der Waals surface area (Å²) in [6.45, 7) is 0.843. The lowest BCUT2D eigenvalue weighted by atomic mass is 10.2. The Bertz CT molecular complexity index is 1320. The van der Waals surface area contributed by atoms with Gasteiger partial charge in [-0.25, -0.2) is 23.5 Å². The second kappa shape index (κ2) is 8.50. The fourth-order valence-corrected chi connectivity index (χ4v) is 4.14. The summed E-state index contributed by atoms with van der Waals surface area (Å²) in [4.78, 5) is 23.7. The van der Waals surface area contributed by atoms with Crippen LogP contribution in [-0.2, 0) is 0 Å². The Morgan fingerprint density at radius 3 is 2.76 bits per heavy atom. The number of ether oxygens (including phenoxy) is 1. The number of pyridine rings is 1. The molecule has 1 fully saturated rings. The number of fused-ring (bicyclic) bond motifs is 1. The molecule has 0 bridgehead atoms. The van der Waals surface area contributed by atoms with Crippen LogP contribution < -0.4 is 10.1 Å². The fraction of sp³-hybridized carbons (Fsp3) is 0.208. The molecule has 33 heavy (non-hydrogen) atoms. The monoisotopic (exact) mass is 449 g/mol. The summed E-state index contributed by atoms with van der Waals surface area (Å²) in [6.07, 6.45) is 2.38. The van der Waals surface area contributed by atoms with Crippen LogP contribution in [0.15, 0.2) is 60.8 Å². The van der Waals surface area contributed by atoms with Crippen molar-refractivity contribution in [2.45, 2.75) is 12.5 Å². The Morgan fingerprint density at radius 2 is 1.97 bits per heavy atom. The van der Waals surface area contributed by atoms with Crippen molar-refractivity contribution < 1.29 is 18.3 Å². The molecular formula is C24H21F2N5O2. The number of aromatic nitrogens is 3. The molecule has 5 rings (SSSR count). The molecule has 0 aliphatic carbocycles. The molecule has 3 heterocycles. The van der Waals surface area contributed by atoms with E-state index >= 15 is 0 Å². The van der Waals surface area contributed by atoms with Crippen molar-refractivity contribution in [3.05, 3.63) is 72.4 Å². The molecular weight excluding hydrogens is 428 g/mol. The first-order chi connectivity index (χ1) is 16.0. The van der Waals surface area contributed by atoms with E-state index in [0.29, 0.717) is 19.5 Å². The van der Waals surface area contributed by atoms with Crippen molar-refractivity contribution in [1.82, 2.24) is 19.4 Å². The number of methoxy groups -OCH3 is 1. The second-order valence-corrected chi connectivity index (χ2v) is 7.82. The highest BCUT2D eigenvalue weighted by molar-refractivity contribution is 5.89. The van der Waals surface area contributed by atoms with Gasteiger partial charge in [0.15, 0.2) is 5.65 Å². The van der Waals surface area contributed by atoms with Crippen molar-refractivity contribution >= 4 is 22.9 Å². The average Bonchev–Trinajstić information content (AvgIpc) is 3.46. The second-order valence-electron chi connectivity index (χ2n) is 7.82. The van der Waals surface area contributed by atoms with Crippen LogP contribution in [0.4, 0.5) is 19.3 Å². The molecule has 4 aromatic rings. The average molecular weight is 449 g/mol. The molecule has 0 radical (unpaired) electrons. The van der Waals surface area contributed by atoms with Gasteiger partial charge < -0.3 is 19.5 Å². The molecule has 168 valence electrons. The van der Waals surface area contributed by atoms with Crippen LogP contribution in [0.3, 0.4) is 0 Å². The molecule has 1 atom stereocenters. The van der Waals surface area contributed by atoms with Gasteiger partial charge in [-0.3, -0.25) is 0 Å². The first kappa shape index (κ1) is 20.9. The minimum Gasteiger partial charge on any atom is -0.497 e. The largest absolute Gasteiger partial charge is 0.497 e. The highest BCUT2D eigenvalue weighted by Gasteiger charge is 2.31. The third kappa shape index (κ3) is 3.97. The van der Waals surface area contributed by atoms with E-state index in [1.165, 1.54) is 0 Å². The van der Waals surface area contributed by atoms with Gasteiger partial charge in [-0.1, -0.05) is 0 Å². The van der Waals surface area contributed by atoms with Gasteiger partial charge in [-0.15, -0.1) is 0 Å². The summed E-state index contributed by atoms with van der Waals surface area (Å²) in [5.41, 5.74) is 2.20. The molecule has 0 spiro atoms. The van der Waals surface area contributed by atoms with E-state index in [-0.39, 0.29) is 11.7 Å². The summed E-state index contributed by atoms with van der Waals surface area (Å²) in [5.74, 6) is 0.181. The van der Waals surface area contributed by atoms with Gasteiger partial charge in [0.2, 0.25) is 0 Å². The normalized spacial score (nSPS) is 15.7. The van der Waals surface area contributed by atoms with E-state index < -0.39 is 17.7 Å². The molecule has 2 aromatic carbocycles. The number of imidazole rings is 1. The quantitative estimate of drug-likeness (QED) is 0.483. The van der Waals surface area contributed by atoms with Gasteiger partial charge in [-0.2, -0.15) is 0 Å². The Hall–Kier alpha value is -4.01. The highest BCUT2D eigenvalue weighted by atomic mass is 19.1. The Morgan fingerprint density at radius 1 is 1.15 bits per heavy atom. The van der Waals surface area contributed by atoms with Gasteiger partial charge in [0.05, 0.1) is 18.8 Å². The lowest BCUT2D eigenvalue weighted by molar-refractivity contribution is 0.221. The molecule has 0 saturated carbocycles. The third-order valence-electron chi connectivity index (χ3n) is 5.78. The van der Waals surface area contributed by atoms with Gasteiger partial charge >= 0.3 is 6.03 Å². The molecule has 9 heteroatoms. The standard InChI is InChI=1S/C24H21F2N5O2/c1-33-18-7-4-15(5-8-18)22-28-20-3-2-11-27-23(20)31(22)17-10-12-30(14-17)24(32)29-21-13-16(25)6-9-19(21)26/h2-9,11,13,17H,10,12,14H2,1H3,(H,29,32)/t17-/m0/s1. The minimum atomic E-state index is -0.688. The van der Waals surface area contributed by atoms with E-state index in [9.17, 15) is 13.6 Å². The summed E-state index contributed by atoms with van der Waals surface area (Å²) in [5, 5.41) is 2.47. The lowest BCUT2D eigenvalue weighted by Gasteiger charge is -2.19. The van der Waals surface area contributed by atoms with Crippen molar-refractivity contribution in [3.8, 4) is 17.1 Å². The predicted octanol–water partition coefficient (Wildman–Crippen LogP) is 4.86. The van der Waals surface area contributed by atoms with Gasteiger partial charge in [-0.05, 0) is 55.0 Å². The number of nitrogens with zero attached hydrogens (tertiary/aromatic N) is 4. The smallest absolute Gasteiger partial charge is 0.321 e. The number of anilines is 1. The first-order valence-corrected chi connectivity index (χ1v) is 10.5. The first-order valence-electron chi connectivity index (χ1n) is 10.5. The number of halogens is 2. The topological polar surface area (TPSA) is 72.3 Å². The zero-order chi connectivity index (χ0) is 22.9. The summed E-state index contributed by atoms with van der Waals surface area (Å²) < 4.78 is 34.7. The predicted molar refractivity (Wildman–Crippen MR) is 120 cm³/mol. The van der Waals surface area contributed by atoms with Crippen molar-refractivity contribution in [2.75, 3.05) is 25.5 Å². The van der Waals surface area contributed by atoms with Crippen LogP contribution in [0.2, 0.25) is 0 Å². The molecule has 1 aliphatic heterocycles. The number of likely N-dealkylation sites (tertiary alicyclic amines) is 1. The Labute approximate surface area is 188 Å². The maximum Gasteiger partial charge on any atom is 0.321 e. The van der Waals surface area contributed by atoms with Crippen LogP contribution in [-0.4, -0.2) is 45.7 Å². The fourth-order valence-electron chi connectivity index (χ4n) is 4.14. The zero-order valence-electron chi connectivity index (χ0n) is 17.8. The third-order valence-corrected chi connectivity index (χ3v) is 5.78. The van der Waals surface area contributed by atoms with Crippen LogP contribution >= 0.6 is 0 Å². The number of amides is 2. The number of nitrogens with one attached hydrogen (secondary N) is 1. The summed E-state index contributed by atoms with van der Waals surface area (Å²) in [7, 11) is 1.61. The number of benzene rings is 2. The van der Waals surface area contributed by atoms with Crippen LogP contribution in [0, 0.1) is 11.6 Å². The SMILES string of the molecule is COc1ccc(-c2nc3cccnc3n2[C@H]2CCN(C(=O)Nc3cc(F)ccc3F)C2)cc1. The number of hydrogen-bond acceptors (Lipinski definition) is 4. The minimum absolute atomic E-state index is 0.0786. The van der Waals surface area contributed by atoms with Crippen LogP contribution in [0.25, 0.3) is 22.6 Å². The number of hydrogen-bond donors (Lipinski definition) is 1. The van der Waals surface area contributed by atoms with Crippen molar-refractivity contribution in [1.29, 1.82) is 0 Å². The Kier molecular flexibility index (Phi) is 5.37. The molecule has 2 aromatic heterocycles. The summed E-state index contributed by atoms with van der Waals surface area (Å²) >= 11 is 0. The van der Waals surface area contributed by atoms with E-state index in [1.54, 1.807) is 18.2 Å². The van der Waals surface area contributed by atoms with Gasteiger partial charge in [0.25, 0.3) is 0 Å². The Balaban J connectivity index is 1.43. The zero-order valence-corrected chi connectivity index (χ0v) is 17.8. The van der Waals surface area contributed by atoms with E-state index in [4.69, 9.17) is 9.72 Å². The molecule has 2 amide bonds. The molecule has 1 aliphatic rings. The lowest BCUT2D eigenvalue weighted by Crippen LogP contribution is -2.33. The van der Waals surface area contributed by atoms with Crippen molar-refractivity contribution in [3.63, 3.8) is 0 Å². The maximum absolute atomic E-state index is 14.0. The van der Waals surface area contributed by atoms with Crippen LogP contribution in [0.5, 0.6) is 5.75 Å². The molecule has 7 nitrogen and oxygen atoms in total. The van der Waals surface area contributed by atoms with Gasteiger partial charge in [0, 0.05) is 30.9 Å².